The molecule has 0 saturated heterocycles. The molecule has 0 spiro atoms. The van der Waals surface area contributed by atoms with E-state index in [2.05, 4.69) is 49.7 Å². The molecule has 0 bridgehead atoms. The summed E-state index contributed by atoms with van der Waals surface area (Å²) in [6.45, 7) is 7.18. The molecule has 0 aliphatic carbocycles. The third-order valence-electron chi connectivity index (χ3n) is 4.30. The highest BCUT2D eigenvalue weighted by molar-refractivity contribution is 7.14. The molecule has 1 aliphatic rings. The maximum Gasteiger partial charge on any atom is 0.183 e. The first-order valence-electron chi connectivity index (χ1n) is 8.46. The first-order valence-corrected chi connectivity index (χ1v) is 9.34. The van der Waals surface area contributed by atoms with Gasteiger partial charge in [-0.05, 0) is 44.0 Å². The van der Waals surface area contributed by atoms with Crippen LogP contribution in [0.3, 0.4) is 0 Å². The van der Waals surface area contributed by atoms with Crippen molar-refractivity contribution in [3.8, 4) is 17.1 Å². The summed E-state index contributed by atoms with van der Waals surface area (Å²) >= 11 is 1.63. The normalized spacial score (nSPS) is 13.3. The van der Waals surface area contributed by atoms with Crippen LogP contribution in [0, 0.1) is 0 Å². The van der Waals surface area contributed by atoms with Crippen molar-refractivity contribution in [1.29, 1.82) is 0 Å². The molecule has 0 atom stereocenters. The van der Waals surface area contributed by atoms with Crippen LogP contribution in [0.4, 0.5) is 5.13 Å². The fraction of sp³-hybridized carbons (Fsp3) is 0.368. The number of anilines is 1. The number of rotatable bonds is 4. The number of thiazole rings is 1. The smallest absolute Gasteiger partial charge is 0.183 e. The molecule has 1 aromatic carbocycles. The highest BCUT2D eigenvalue weighted by Crippen LogP contribution is 2.35. The van der Waals surface area contributed by atoms with Crippen LogP contribution < -0.4 is 10.1 Å². The van der Waals surface area contributed by atoms with E-state index in [1.54, 1.807) is 11.3 Å². The number of nitrogens with one attached hydrogen (secondary N) is 1. The first-order chi connectivity index (χ1) is 11.7. The summed E-state index contributed by atoms with van der Waals surface area (Å²) in [6, 6.07) is 6.78. The van der Waals surface area contributed by atoms with Crippen LogP contribution in [-0.4, -0.2) is 22.6 Å². The summed E-state index contributed by atoms with van der Waals surface area (Å²) in [7, 11) is 0. The van der Waals surface area contributed by atoms with E-state index in [1.165, 1.54) is 16.5 Å². The Morgan fingerprint density at radius 3 is 2.92 bits per heavy atom. The standard InChI is InChI=1S/C19H21N3OS/c1-4-12-9-15(16-10-24-19(22-16)20-11(2)3)21-18-13(12)5-6-17-14(18)7-8-23-17/h5-6,9-11H,4,7-8H2,1-3H3,(H,20,22). The average molecular weight is 339 g/mol. The lowest BCUT2D eigenvalue weighted by atomic mass is 10.0. The van der Waals surface area contributed by atoms with Crippen LogP contribution >= 0.6 is 11.3 Å². The van der Waals surface area contributed by atoms with Crippen molar-refractivity contribution in [2.45, 2.75) is 39.7 Å². The molecule has 0 unspecified atom stereocenters. The summed E-state index contributed by atoms with van der Waals surface area (Å²) in [5, 5.41) is 7.63. The minimum absolute atomic E-state index is 0.375. The lowest BCUT2D eigenvalue weighted by molar-refractivity contribution is 0.357. The highest BCUT2D eigenvalue weighted by atomic mass is 32.1. The van der Waals surface area contributed by atoms with E-state index in [-0.39, 0.29) is 0 Å². The van der Waals surface area contributed by atoms with Crippen LogP contribution in [0.15, 0.2) is 23.6 Å². The number of hydrogen-bond donors (Lipinski definition) is 1. The van der Waals surface area contributed by atoms with Gasteiger partial charge >= 0.3 is 0 Å². The van der Waals surface area contributed by atoms with Crippen molar-refractivity contribution in [2.75, 3.05) is 11.9 Å². The number of nitrogens with zero attached hydrogens (tertiary/aromatic N) is 2. The number of aryl methyl sites for hydroxylation is 1. The molecule has 3 heterocycles. The van der Waals surface area contributed by atoms with Crippen molar-refractivity contribution in [3.63, 3.8) is 0 Å². The summed E-state index contributed by atoms with van der Waals surface area (Å²) in [6.07, 6.45) is 1.91. The van der Waals surface area contributed by atoms with Crippen molar-refractivity contribution in [3.05, 3.63) is 34.7 Å². The van der Waals surface area contributed by atoms with E-state index in [9.17, 15) is 0 Å². The molecule has 4 nitrogen and oxygen atoms in total. The second kappa shape index (κ2) is 6.06. The molecule has 24 heavy (non-hydrogen) atoms. The van der Waals surface area contributed by atoms with Crippen LogP contribution in [0.5, 0.6) is 5.75 Å². The van der Waals surface area contributed by atoms with Gasteiger partial charge in [0.1, 0.15) is 11.4 Å². The lowest BCUT2D eigenvalue weighted by Crippen LogP contribution is -2.09. The number of hydrogen-bond acceptors (Lipinski definition) is 5. The van der Waals surface area contributed by atoms with Gasteiger partial charge in [-0.15, -0.1) is 11.3 Å². The predicted molar refractivity (Wildman–Crippen MR) is 100 cm³/mol. The molecule has 124 valence electrons. The van der Waals surface area contributed by atoms with E-state index in [1.807, 2.05) is 0 Å². The van der Waals surface area contributed by atoms with E-state index in [0.717, 1.165) is 47.2 Å². The summed E-state index contributed by atoms with van der Waals surface area (Å²) in [4.78, 5) is 9.66. The lowest BCUT2D eigenvalue weighted by Gasteiger charge is -2.10. The third kappa shape index (κ3) is 2.63. The largest absolute Gasteiger partial charge is 0.493 e. The Morgan fingerprint density at radius 1 is 1.25 bits per heavy atom. The van der Waals surface area contributed by atoms with Gasteiger partial charge in [0.25, 0.3) is 0 Å². The Balaban J connectivity index is 1.85. The second-order valence-electron chi connectivity index (χ2n) is 6.39. The van der Waals surface area contributed by atoms with Gasteiger partial charge in [-0.1, -0.05) is 6.92 Å². The highest BCUT2D eigenvalue weighted by Gasteiger charge is 2.19. The minimum Gasteiger partial charge on any atom is -0.493 e. The zero-order valence-electron chi connectivity index (χ0n) is 14.2. The van der Waals surface area contributed by atoms with Crippen molar-refractivity contribution in [1.82, 2.24) is 9.97 Å². The molecule has 0 fully saturated rings. The van der Waals surface area contributed by atoms with Gasteiger partial charge in [-0.25, -0.2) is 9.97 Å². The van der Waals surface area contributed by atoms with Gasteiger partial charge in [-0.3, -0.25) is 0 Å². The zero-order valence-corrected chi connectivity index (χ0v) is 15.0. The monoisotopic (exact) mass is 339 g/mol. The number of pyridine rings is 1. The van der Waals surface area contributed by atoms with Crippen LogP contribution in [0.25, 0.3) is 22.3 Å². The summed E-state index contributed by atoms with van der Waals surface area (Å²) < 4.78 is 5.71. The van der Waals surface area contributed by atoms with E-state index < -0.39 is 0 Å². The van der Waals surface area contributed by atoms with Gasteiger partial charge in [0.05, 0.1) is 17.8 Å². The Labute approximate surface area is 145 Å². The maximum atomic E-state index is 5.71. The topological polar surface area (TPSA) is 47.0 Å². The molecule has 0 saturated carbocycles. The Kier molecular flexibility index (Phi) is 3.88. The summed E-state index contributed by atoms with van der Waals surface area (Å²) in [5.41, 5.74) is 5.52. The number of aromatic nitrogens is 2. The molecule has 0 radical (unpaired) electrons. The molecule has 1 aliphatic heterocycles. The molecule has 0 amide bonds. The SMILES string of the molecule is CCc1cc(-c2csc(NC(C)C)n2)nc2c3c(ccc12)OCC3. The zero-order chi connectivity index (χ0) is 16.7. The Morgan fingerprint density at radius 2 is 2.12 bits per heavy atom. The number of fused-ring (bicyclic) bond motifs is 3. The minimum atomic E-state index is 0.375. The fourth-order valence-electron chi connectivity index (χ4n) is 3.17. The van der Waals surface area contributed by atoms with E-state index >= 15 is 0 Å². The van der Waals surface area contributed by atoms with Gasteiger partial charge in [-0.2, -0.15) is 0 Å². The van der Waals surface area contributed by atoms with E-state index in [4.69, 9.17) is 14.7 Å². The fourth-order valence-corrected chi connectivity index (χ4v) is 4.02. The summed E-state index contributed by atoms with van der Waals surface area (Å²) in [5.74, 6) is 0.981. The Hall–Kier alpha value is -2.14. The van der Waals surface area contributed by atoms with Gasteiger partial charge in [0.2, 0.25) is 0 Å². The third-order valence-corrected chi connectivity index (χ3v) is 5.07. The molecular weight excluding hydrogens is 318 g/mol. The van der Waals surface area contributed by atoms with Crippen LogP contribution in [0.1, 0.15) is 31.9 Å². The number of ether oxygens (including phenoxy) is 1. The van der Waals surface area contributed by atoms with Crippen molar-refractivity contribution in [2.24, 2.45) is 0 Å². The maximum absolute atomic E-state index is 5.71. The van der Waals surface area contributed by atoms with E-state index in [0.29, 0.717) is 6.04 Å². The Bertz CT molecular complexity index is 901. The molecule has 1 N–H and O–H groups in total. The average Bonchev–Trinajstić information content (AvgIpc) is 3.22. The first kappa shape index (κ1) is 15.4. The van der Waals surface area contributed by atoms with Crippen LogP contribution in [-0.2, 0) is 12.8 Å². The van der Waals surface area contributed by atoms with Gasteiger partial charge in [0.15, 0.2) is 5.13 Å². The van der Waals surface area contributed by atoms with Crippen molar-refractivity contribution >= 4 is 27.4 Å². The quantitative estimate of drug-likeness (QED) is 0.750. The van der Waals surface area contributed by atoms with Gasteiger partial charge < -0.3 is 10.1 Å². The molecule has 3 aromatic rings. The second-order valence-corrected chi connectivity index (χ2v) is 7.25. The van der Waals surface area contributed by atoms with Gasteiger partial charge in [0, 0.05) is 28.8 Å². The predicted octanol–water partition coefficient (Wildman–Crippen LogP) is 4.68. The van der Waals surface area contributed by atoms with Crippen molar-refractivity contribution < 1.29 is 4.74 Å². The number of benzene rings is 1. The molecule has 2 aromatic heterocycles. The molecule has 5 heteroatoms. The molecule has 4 rings (SSSR count). The molecular formula is C19H21N3OS. The van der Waals surface area contributed by atoms with Crippen LogP contribution in [0.2, 0.25) is 0 Å².